The standard InChI is InChI=1S/C12H20F3N3S/c1-9(2)8-16-7-3-4-10-17-18-11(19-10)5-6-12(13,14)15/h9,16H,3-8H2,1-2H3. The maximum atomic E-state index is 12.0. The van der Waals surface area contributed by atoms with Crippen molar-refractivity contribution >= 4 is 11.3 Å². The molecule has 110 valence electrons. The van der Waals surface area contributed by atoms with Crippen molar-refractivity contribution in [1.82, 2.24) is 15.5 Å². The van der Waals surface area contributed by atoms with Gasteiger partial charge >= 0.3 is 6.18 Å². The van der Waals surface area contributed by atoms with Gasteiger partial charge in [-0.2, -0.15) is 13.2 Å². The van der Waals surface area contributed by atoms with Crippen LogP contribution in [0, 0.1) is 5.92 Å². The minimum atomic E-state index is -4.12. The maximum absolute atomic E-state index is 12.0. The molecule has 19 heavy (non-hydrogen) atoms. The van der Waals surface area contributed by atoms with Gasteiger partial charge in [0.05, 0.1) is 0 Å². The summed E-state index contributed by atoms with van der Waals surface area (Å²) in [5, 5.41) is 12.3. The Kier molecular flexibility index (Phi) is 6.71. The van der Waals surface area contributed by atoms with Crippen LogP contribution >= 0.6 is 11.3 Å². The van der Waals surface area contributed by atoms with Gasteiger partial charge < -0.3 is 5.32 Å². The van der Waals surface area contributed by atoms with Crippen LogP contribution in [0.4, 0.5) is 13.2 Å². The van der Waals surface area contributed by atoms with E-state index in [4.69, 9.17) is 0 Å². The summed E-state index contributed by atoms with van der Waals surface area (Å²) >= 11 is 1.29. The Hall–Kier alpha value is -0.690. The van der Waals surface area contributed by atoms with Crippen LogP contribution in [-0.2, 0) is 12.8 Å². The van der Waals surface area contributed by atoms with Gasteiger partial charge in [-0.1, -0.05) is 13.8 Å². The van der Waals surface area contributed by atoms with Crippen molar-refractivity contribution in [2.45, 2.75) is 45.7 Å². The monoisotopic (exact) mass is 295 g/mol. The molecule has 0 amide bonds. The number of rotatable bonds is 8. The summed E-state index contributed by atoms with van der Waals surface area (Å²) in [6, 6.07) is 0. The SMILES string of the molecule is CC(C)CNCCCc1nnc(CCC(F)(F)F)s1. The molecule has 0 unspecified atom stereocenters. The van der Waals surface area contributed by atoms with Crippen LogP contribution in [0.5, 0.6) is 0 Å². The lowest BCUT2D eigenvalue weighted by Gasteiger charge is -2.05. The van der Waals surface area contributed by atoms with Gasteiger partial charge in [0.1, 0.15) is 10.0 Å². The average molecular weight is 295 g/mol. The Bertz CT molecular complexity index is 363. The molecule has 0 spiro atoms. The van der Waals surface area contributed by atoms with Crippen LogP contribution in [0.1, 0.15) is 36.7 Å². The summed E-state index contributed by atoms with van der Waals surface area (Å²) < 4.78 is 36.1. The molecule has 1 rings (SSSR count). The molecule has 1 heterocycles. The third kappa shape index (κ3) is 8.15. The van der Waals surface area contributed by atoms with Gasteiger partial charge in [-0.3, -0.25) is 0 Å². The van der Waals surface area contributed by atoms with Crippen molar-refractivity contribution in [2.75, 3.05) is 13.1 Å². The van der Waals surface area contributed by atoms with Gasteiger partial charge in [-0.05, 0) is 25.4 Å². The van der Waals surface area contributed by atoms with E-state index in [0.29, 0.717) is 10.9 Å². The normalized spacial score (nSPS) is 12.3. The van der Waals surface area contributed by atoms with Crippen LogP contribution in [0.25, 0.3) is 0 Å². The lowest BCUT2D eigenvalue weighted by Crippen LogP contribution is -2.21. The molecular formula is C12H20F3N3S. The number of hydrogen-bond donors (Lipinski definition) is 1. The molecule has 1 aromatic rings. The highest BCUT2D eigenvalue weighted by Crippen LogP contribution is 2.23. The zero-order valence-corrected chi connectivity index (χ0v) is 12.1. The van der Waals surface area contributed by atoms with E-state index < -0.39 is 12.6 Å². The molecule has 0 aliphatic heterocycles. The fourth-order valence-corrected chi connectivity index (χ4v) is 2.38. The fourth-order valence-electron chi connectivity index (χ4n) is 1.49. The van der Waals surface area contributed by atoms with Gasteiger partial charge in [-0.15, -0.1) is 21.5 Å². The van der Waals surface area contributed by atoms with Crippen LogP contribution in [0.3, 0.4) is 0 Å². The van der Waals surface area contributed by atoms with Crippen molar-refractivity contribution in [3.05, 3.63) is 10.0 Å². The van der Waals surface area contributed by atoms with Crippen LogP contribution in [-0.4, -0.2) is 29.5 Å². The Labute approximate surface area is 115 Å². The molecule has 0 radical (unpaired) electrons. The first-order chi connectivity index (χ1) is 8.87. The summed E-state index contributed by atoms with van der Waals surface area (Å²) in [6.45, 7) is 6.16. The first kappa shape index (κ1) is 16.4. The zero-order valence-electron chi connectivity index (χ0n) is 11.3. The van der Waals surface area contributed by atoms with E-state index in [1.807, 2.05) is 0 Å². The van der Waals surface area contributed by atoms with Gasteiger partial charge in [-0.25, -0.2) is 0 Å². The summed E-state index contributed by atoms with van der Waals surface area (Å²) in [7, 11) is 0. The Morgan fingerprint density at radius 1 is 1.16 bits per heavy atom. The second kappa shape index (κ2) is 7.79. The zero-order chi connectivity index (χ0) is 14.3. The van der Waals surface area contributed by atoms with Gasteiger partial charge in [0.25, 0.3) is 0 Å². The highest BCUT2D eigenvalue weighted by atomic mass is 32.1. The van der Waals surface area contributed by atoms with Crippen molar-refractivity contribution in [1.29, 1.82) is 0 Å². The molecule has 0 aliphatic carbocycles. The number of alkyl halides is 3. The lowest BCUT2D eigenvalue weighted by molar-refractivity contribution is -0.134. The summed E-state index contributed by atoms with van der Waals surface area (Å²) in [5.74, 6) is 0.621. The highest BCUT2D eigenvalue weighted by molar-refractivity contribution is 7.11. The number of aromatic nitrogens is 2. The van der Waals surface area contributed by atoms with Crippen molar-refractivity contribution in [2.24, 2.45) is 5.92 Å². The smallest absolute Gasteiger partial charge is 0.316 e. The minimum Gasteiger partial charge on any atom is -0.316 e. The first-order valence-corrected chi connectivity index (χ1v) is 7.27. The topological polar surface area (TPSA) is 37.8 Å². The van der Waals surface area contributed by atoms with Crippen molar-refractivity contribution in [3.8, 4) is 0 Å². The third-order valence-corrected chi connectivity index (χ3v) is 3.47. The predicted octanol–water partition coefficient (Wildman–Crippen LogP) is 3.21. The van der Waals surface area contributed by atoms with Gasteiger partial charge in [0.2, 0.25) is 0 Å². The first-order valence-electron chi connectivity index (χ1n) is 6.45. The third-order valence-electron chi connectivity index (χ3n) is 2.43. The molecule has 1 N–H and O–H groups in total. The number of halogens is 3. The van der Waals surface area contributed by atoms with Crippen LogP contribution in [0.2, 0.25) is 0 Å². The molecule has 0 atom stereocenters. The van der Waals surface area contributed by atoms with Gasteiger partial charge in [0, 0.05) is 19.3 Å². The summed E-state index contributed by atoms with van der Waals surface area (Å²) in [6.07, 6.45) is -3.30. The Morgan fingerprint density at radius 3 is 2.37 bits per heavy atom. The Morgan fingerprint density at radius 2 is 1.79 bits per heavy atom. The average Bonchev–Trinajstić information content (AvgIpc) is 2.72. The molecule has 0 saturated heterocycles. The van der Waals surface area contributed by atoms with Crippen molar-refractivity contribution in [3.63, 3.8) is 0 Å². The summed E-state index contributed by atoms with van der Waals surface area (Å²) in [5.41, 5.74) is 0. The maximum Gasteiger partial charge on any atom is 0.389 e. The molecule has 7 heteroatoms. The number of nitrogens with zero attached hydrogens (tertiary/aromatic N) is 2. The molecule has 0 saturated carbocycles. The van der Waals surface area contributed by atoms with Gasteiger partial charge in [0.15, 0.2) is 0 Å². The Balaban J connectivity index is 2.20. The van der Waals surface area contributed by atoms with Crippen LogP contribution in [0.15, 0.2) is 0 Å². The number of aryl methyl sites for hydroxylation is 2. The molecular weight excluding hydrogens is 275 g/mol. The van der Waals surface area contributed by atoms with E-state index in [9.17, 15) is 13.2 Å². The summed E-state index contributed by atoms with van der Waals surface area (Å²) in [4.78, 5) is 0. The minimum absolute atomic E-state index is 0.0627. The lowest BCUT2D eigenvalue weighted by atomic mass is 10.2. The number of hydrogen-bond acceptors (Lipinski definition) is 4. The molecule has 3 nitrogen and oxygen atoms in total. The van der Waals surface area contributed by atoms with Crippen LogP contribution < -0.4 is 5.32 Å². The largest absolute Gasteiger partial charge is 0.389 e. The molecule has 0 aromatic carbocycles. The van der Waals surface area contributed by atoms with E-state index in [-0.39, 0.29) is 6.42 Å². The molecule has 1 aromatic heterocycles. The van der Waals surface area contributed by atoms with E-state index in [0.717, 1.165) is 30.9 Å². The second-order valence-corrected chi connectivity index (χ2v) is 6.05. The molecule has 0 aliphatic rings. The van der Waals surface area contributed by atoms with E-state index >= 15 is 0 Å². The number of nitrogens with one attached hydrogen (secondary N) is 1. The predicted molar refractivity (Wildman–Crippen MR) is 70.3 cm³/mol. The van der Waals surface area contributed by atoms with E-state index in [1.54, 1.807) is 0 Å². The molecule has 0 fully saturated rings. The van der Waals surface area contributed by atoms with E-state index in [1.165, 1.54) is 11.3 Å². The van der Waals surface area contributed by atoms with Crippen molar-refractivity contribution < 1.29 is 13.2 Å². The second-order valence-electron chi connectivity index (χ2n) is 4.91. The quantitative estimate of drug-likeness (QED) is 0.748. The fraction of sp³-hybridized carbons (Fsp3) is 0.833. The van der Waals surface area contributed by atoms with E-state index in [2.05, 4.69) is 29.4 Å². The molecule has 0 bridgehead atoms. The highest BCUT2D eigenvalue weighted by Gasteiger charge is 2.27.